The quantitative estimate of drug-likeness (QED) is 0.765. The molecule has 1 rings (SSSR count). The molecular weight excluding hydrogens is 244 g/mol. The van der Waals surface area contributed by atoms with Crippen LogP contribution in [-0.2, 0) is 14.5 Å². The maximum Gasteiger partial charge on any atom is 0.385 e. The molecule has 0 saturated heterocycles. The summed E-state index contributed by atoms with van der Waals surface area (Å²) in [6.07, 6.45) is 4.25. The molecular formula is C10H14N2O4S. The van der Waals surface area contributed by atoms with Crippen molar-refractivity contribution in [2.24, 2.45) is 0 Å². The standard InChI is InChI=1S/C10H14N2O4S/c1-2-3-7-12-17(14,15)16-10(13)9-5-4-6-11-8-9/h4-6,8,12H,2-3,7H2,1H3. The molecule has 7 heteroatoms. The normalized spacial score (nSPS) is 11.1. The van der Waals surface area contributed by atoms with Gasteiger partial charge in [0.25, 0.3) is 0 Å². The van der Waals surface area contributed by atoms with E-state index in [4.69, 9.17) is 0 Å². The van der Waals surface area contributed by atoms with Crippen LogP contribution in [0.15, 0.2) is 24.5 Å². The molecule has 1 heterocycles. The molecule has 94 valence electrons. The summed E-state index contributed by atoms with van der Waals surface area (Å²) < 4.78 is 29.2. The van der Waals surface area contributed by atoms with Crippen LogP contribution >= 0.6 is 0 Å². The van der Waals surface area contributed by atoms with E-state index in [1.165, 1.54) is 24.5 Å². The van der Waals surface area contributed by atoms with Crippen LogP contribution in [0, 0.1) is 0 Å². The highest BCUT2D eigenvalue weighted by Crippen LogP contribution is 2.01. The minimum atomic E-state index is -4.03. The van der Waals surface area contributed by atoms with Crippen LogP contribution in [0.2, 0.25) is 0 Å². The van der Waals surface area contributed by atoms with E-state index in [-0.39, 0.29) is 12.1 Å². The van der Waals surface area contributed by atoms with Crippen LogP contribution in [-0.4, -0.2) is 25.9 Å². The Balaban J connectivity index is 2.56. The maximum atomic E-state index is 11.4. The molecule has 0 bridgehead atoms. The van der Waals surface area contributed by atoms with E-state index < -0.39 is 16.3 Å². The lowest BCUT2D eigenvalue weighted by molar-refractivity contribution is 0.0743. The largest absolute Gasteiger partial charge is 0.385 e. The van der Waals surface area contributed by atoms with Crippen LogP contribution in [0.1, 0.15) is 30.1 Å². The van der Waals surface area contributed by atoms with Gasteiger partial charge >= 0.3 is 16.3 Å². The second-order valence-electron chi connectivity index (χ2n) is 3.31. The van der Waals surface area contributed by atoms with Crippen molar-refractivity contribution in [3.63, 3.8) is 0 Å². The van der Waals surface area contributed by atoms with Crippen LogP contribution < -0.4 is 4.72 Å². The van der Waals surface area contributed by atoms with Gasteiger partial charge < -0.3 is 4.18 Å². The van der Waals surface area contributed by atoms with Gasteiger partial charge in [-0.15, -0.1) is 0 Å². The van der Waals surface area contributed by atoms with Gasteiger partial charge in [0.2, 0.25) is 0 Å². The van der Waals surface area contributed by atoms with Crippen molar-refractivity contribution < 1.29 is 17.4 Å². The summed E-state index contributed by atoms with van der Waals surface area (Å²) in [7, 11) is -4.03. The first-order valence-electron chi connectivity index (χ1n) is 5.18. The number of nitrogens with zero attached hydrogens (tertiary/aromatic N) is 1. The molecule has 0 unspecified atom stereocenters. The third kappa shape index (κ3) is 4.92. The molecule has 0 aliphatic heterocycles. The SMILES string of the molecule is CCCCNS(=O)(=O)OC(=O)c1cccnc1. The third-order valence-electron chi connectivity index (χ3n) is 1.89. The van der Waals surface area contributed by atoms with Crippen LogP contribution in [0.25, 0.3) is 0 Å². The topological polar surface area (TPSA) is 85.4 Å². The molecule has 17 heavy (non-hydrogen) atoms. The average Bonchev–Trinajstić information content (AvgIpc) is 2.30. The van der Waals surface area contributed by atoms with E-state index in [2.05, 4.69) is 13.9 Å². The van der Waals surface area contributed by atoms with Crippen LogP contribution in [0.4, 0.5) is 0 Å². The van der Waals surface area contributed by atoms with Crippen molar-refractivity contribution in [1.29, 1.82) is 0 Å². The van der Waals surface area contributed by atoms with Crippen molar-refractivity contribution >= 4 is 16.3 Å². The van der Waals surface area contributed by atoms with Crippen molar-refractivity contribution in [1.82, 2.24) is 9.71 Å². The van der Waals surface area contributed by atoms with Crippen molar-refractivity contribution in [3.8, 4) is 0 Å². The number of carbonyl (C=O) groups is 1. The highest BCUT2D eigenvalue weighted by Gasteiger charge is 2.17. The molecule has 1 aromatic rings. The van der Waals surface area contributed by atoms with Crippen LogP contribution in [0.3, 0.4) is 0 Å². The van der Waals surface area contributed by atoms with Gasteiger partial charge in [0.15, 0.2) is 0 Å². The van der Waals surface area contributed by atoms with Gasteiger partial charge in [-0.25, -0.2) is 4.79 Å². The van der Waals surface area contributed by atoms with E-state index in [1.54, 1.807) is 0 Å². The number of nitrogens with one attached hydrogen (secondary N) is 1. The van der Waals surface area contributed by atoms with Crippen molar-refractivity contribution in [3.05, 3.63) is 30.1 Å². The molecule has 0 amide bonds. The number of hydrogen-bond acceptors (Lipinski definition) is 5. The average molecular weight is 258 g/mol. The monoisotopic (exact) mass is 258 g/mol. The Morgan fingerprint density at radius 2 is 2.29 bits per heavy atom. The maximum absolute atomic E-state index is 11.4. The highest BCUT2D eigenvalue weighted by molar-refractivity contribution is 7.85. The fraction of sp³-hybridized carbons (Fsp3) is 0.400. The predicted molar refractivity (Wildman–Crippen MR) is 61.5 cm³/mol. The lowest BCUT2D eigenvalue weighted by atomic mass is 10.3. The Bertz CT molecular complexity index is 458. The summed E-state index contributed by atoms with van der Waals surface area (Å²) >= 11 is 0. The molecule has 0 radical (unpaired) electrons. The second-order valence-corrected chi connectivity index (χ2v) is 4.68. The fourth-order valence-corrected chi connectivity index (χ4v) is 1.78. The molecule has 0 aromatic carbocycles. The number of carbonyl (C=O) groups excluding carboxylic acids is 1. The van der Waals surface area contributed by atoms with E-state index in [9.17, 15) is 13.2 Å². The number of aromatic nitrogens is 1. The van der Waals surface area contributed by atoms with Gasteiger partial charge in [-0.1, -0.05) is 13.3 Å². The molecule has 1 aromatic heterocycles. The van der Waals surface area contributed by atoms with Crippen LogP contribution in [0.5, 0.6) is 0 Å². The summed E-state index contributed by atoms with van der Waals surface area (Å²) in [6, 6.07) is 2.95. The van der Waals surface area contributed by atoms with Gasteiger partial charge in [0.1, 0.15) is 0 Å². The zero-order chi connectivity index (χ0) is 12.7. The Hall–Kier alpha value is -1.47. The zero-order valence-electron chi connectivity index (χ0n) is 9.42. The van der Waals surface area contributed by atoms with Gasteiger partial charge in [0, 0.05) is 18.9 Å². The van der Waals surface area contributed by atoms with Gasteiger partial charge in [-0.05, 0) is 18.6 Å². The Labute approximate surface area is 100 Å². The zero-order valence-corrected chi connectivity index (χ0v) is 10.2. The predicted octanol–water partition coefficient (Wildman–Crippen LogP) is 0.873. The summed E-state index contributed by atoms with van der Waals surface area (Å²) in [6.45, 7) is 2.18. The first-order valence-corrected chi connectivity index (χ1v) is 6.59. The summed E-state index contributed by atoms with van der Waals surface area (Å²) in [5.74, 6) is -0.943. The minimum Gasteiger partial charge on any atom is -0.329 e. The highest BCUT2D eigenvalue weighted by atomic mass is 32.2. The summed E-state index contributed by atoms with van der Waals surface area (Å²) in [5, 5.41) is 0. The molecule has 1 N–H and O–H groups in total. The van der Waals surface area contributed by atoms with E-state index in [0.717, 1.165) is 6.42 Å². The third-order valence-corrected chi connectivity index (χ3v) is 2.82. The van der Waals surface area contributed by atoms with E-state index in [0.29, 0.717) is 6.42 Å². The lowest BCUT2D eigenvalue weighted by Gasteiger charge is -2.05. The second kappa shape index (κ2) is 6.31. The molecule has 6 nitrogen and oxygen atoms in total. The van der Waals surface area contributed by atoms with E-state index >= 15 is 0 Å². The lowest BCUT2D eigenvalue weighted by Crippen LogP contribution is -2.29. The molecule has 0 aliphatic carbocycles. The van der Waals surface area contributed by atoms with Gasteiger partial charge in [-0.2, -0.15) is 13.1 Å². The Kier molecular flexibility index (Phi) is 5.05. The number of rotatable bonds is 6. The molecule has 0 saturated carbocycles. The number of pyridine rings is 1. The van der Waals surface area contributed by atoms with E-state index in [1.807, 2.05) is 6.92 Å². The first-order chi connectivity index (χ1) is 8.05. The fourth-order valence-electron chi connectivity index (χ4n) is 1.03. The first kappa shape index (κ1) is 13.6. The smallest absolute Gasteiger partial charge is 0.329 e. The Morgan fingerprint density at radius 1 is 1.53 bits per heavy atom. The van der Waals surface area contributed by atoms with Crippen molar-refractivity contribution in [2.75, 3.05) is 6.54 Å². The number of hydrogen-bond donors (Lipinski definition) is 1. The molecule has 0 spiro atoms. The molecule has 0 aliphatic rings. The molecule has 0 fully saturated rings. The van der Waals surface area contributed by atoms with Gasteiger partial charge in [0.05, 0.1) is 5.56 Å². The summed E-state index contributed by atoms with van der Waals surface area (Å²) in [5.41, 5.74) is 0.0911. The summed E-state index contributed by atoms with van der Waals surface area (Å²) in [4.78, 5) is 15.1. The van der Waals surface area contributed by atoms with Gasteiger partial charge in [-0.3, -0.25) is 4.98 Å². The molecule has 0 atom stereocenters. The minimum absolute atomic E-state index is 0.0911. The number of unbranched alkanes of at least 4 members (excludes halogenated alkanes) is 1. The Morgan fingerprint density at radius 3 is 2.88 bits per heavy atom. The van der Waals surface area contributed by atoms with Crippen molar-refractivity contribution in [2.45, 2.75) is 19.8 Å².